The Morgan fingerprint density at radius 2 is 2.28 bits per heavy atom. The molecule has 0 aliphatic carbocycles. The highest BCUT2D eigenvalue weighted by Gasteiger charge is 2.14. The molecule has 2 heterocycles. The molecule has 1 amide bonds. The molecule has 0 spiro atoms. The van der Waals surface area contributed by atoms with Crippen LogP contribution in [-0.2, 0) is 0 Å². The number of nitrogens with zero attached hydrogens (tertiary/aromatic N) is 2. The van der Waals surface area contributed by atoms with E-state index >= 15 is 0 Å². The lowest BCUT2D eigenvalue weighted by molar-refractivity contribution is 0.0937. The Morgan fingerprint density at radius 1 is 1.50 bits per heavy atom. The maximum atomic E-state index is 11.7. The van der Waals surface area contributed by atoms with E-state index in [1.165, 1.54) is 32.4 Å². The summed E-state index contributed by atoms with van der Waals surface area (Å²) < 4.78 is 0. The van der Waals surface area contributed by atoms with Gasteiger partial charge in [0, 0.05) is 19.3 Å². The first kappa shape index (κ1) is 13.1. The van der Waals surface area contributed by atoms with Gasteiger partial charge in [-0.1, -0.05) is 13.3 Å². The minimum atomic E-state index is -0.0713. The predicted octanol–water partition coefficient (Wildman–Crippen LogP) is 1.26. The van der Waals surface area contributed by atoms with Crippen molar-refractivity contribution in [1.29, 1.82) is 0 Å². The maximum absolute atomic E-state index is 11.7. The molecule has 1 atom stereocenters. The van der Waals surface area contributed by atoms with Gasteiger partial charge in [0.1, 0.15) is 5.69 Å². The fourth-order valence-corrected chi connectivity index (χ4v) is 2.39. The molecule has 0 radical (unpaired) electrons. The minimum Gasteiger partial charge on any atom is -0.350 e. The second-order valence-electron chi connectivity index (χ2n) is 5.15. The van der Waals surface area contributed by atoms with Gasteiger partial charge < -0.3 is 10.2 Å². The summed E-state index contributed by atoms with van der Waals surface area (Å²) in [7, 11) is 0. The van der Waals surface area contributed by atoms with Crippen LogP contribution in [0.3, 0.4) is 0 Å². The van der Waals surface area contributed by atoms with Gasteiger partial charge in [0.2, 0.25) is 0 Å². The van der Waals surface area contributed by atoms with Gasteiger partial charge in [0.05, 0.1) is 0 Å². The highest BCUT2D eigenvalue weighted by Crippen LogP contribution is 2.10. The Hall–Kier alpha value is -1.36. The Balaban J connectivity index is 1.68. The van der Waals surface area contributed by atoms with Crippen LogP contribution in [0.4, 0.5) is 0 Å². The van der Waals surface area contributed by atoms with Crippen molar-refractivity contribution in [3.05, 3.63) is 18.0 Å². The predicted molar refractivity (Wildman–Crippen MR) is 70.4 cm³/mol. The number of aromatic nitrogens is 2. The van der Waals surface area contributed by atoms with E-state index < -0.39 is 0 Å². The molecule has 5 heteroatoms. The Labute approximate surface area is 108 Å². The molecule has 1 aliphatic rings. The van der Waals surface area contributed by atoms with Gasteiger partial charge in [-0.2, -0.15) is 5.10 Å². The third kappa shape index (κ3) is 3.84. The molecular weight excluding hydrogens is 228 g/mol. The van der Waals surface area contributed by atoms with Crippen LogP contribution in [0.15, 0.2) is 12.3 Å². The number of carbonyl (C=O) groups excluding carboxylic acids is 1. The van der Waals surface area contributed by atoms with E-state index in [4.69, 9.17) is 0 Å². The van der Waals surface area contributed by atoms with E-state index in [0.29, 0.717) is 18.2 Å². The van der Waals surface area contributed by atoms with Gasteiger partial charge in [-0.15, -0.1) is 0 Å². The van der Waals surface area contributed by atoms with E-state index in [1.54, 1.807) is 12.3 Å². The average Bonchev–Trinajstić information content (AvgIpc) is 2.91. The summed E-state index contributed by atoms with van der Waals surface area (Å²) >= 11 is 0. The number of nitrogens with one attached hydrogen (secondary N) is 2. The molecule has 100 valence electrons. The summed E-state index contributed by atoms with van der Waals surface area (Å²) in [5, 5.41) is 9.38. The second kappa shape index (κ2) is 6.54. The summed E-state index contributed by atoms with van der Waals surface area (Å²) in [6.07, 6.45) is 5.58. The smallest absolute Gasteiger partial charge is 0.269 e. The van der Waals surface area contributed by atoms with Crippen molar-refractivity contribution >= 4 is 5.91 Å². The van der Waals surface area contributed by atoms with Crippen molar-refractivity contribution in [2.75, 3.05) is 26.2 Å². The van der Waals surface area contributed by atoms with E-state index in [-0.39, 0.29) is 5.91 Å². The number of piperidine rings is 1. The monoisotopic (exact) mass is 250 g/mol. The van der Waals surface area contributed by atoms with Crippen LogP contribution in [0, 0.1) is 5.92 Å². The topological polar surface area (TPSA) is 61.0 Å². The number of carbonyl (C=O) groups is 1. The first-order chi connectivity index (χ1) is 8.75. The molecule has 0 aromatic carbocycles. The lowest BCUT2D eigenvalue weighted by Gasteiger charge is -2.29. The molecular formula is C13H22N4O. The zero-order valence-corrected chi connectivity index (χ0v) is 11.0. The molecule has 1 aromatic rings. The van der Waals surface area contributed by atoms with Crippen molar-refractivity contribution in [3.63, 3.8) is 0 Å². The molecule has 0 bridgehead atoms. The molecule has 5 nitrogen and oxygen atoms in total. The highest BCUT2D eigenvalue weighted by atomic mass is 16.1. The molecule has 18 heavy (non-hydrogen) atoms. The van der Waals surface area contributed by atoms with Gasteiger partial charge >= 0.3 is 0 Å². The summed E-state index contributed by atoms with van der Waals surface area (Å²) in [5.41, 5.74) is 0.528. The molecule has 2 N–H and O–H groups in total. The van der Waals surface area contributed by atoms with Gasteiger partial charge in [-0.3, -0.25) is 9.89 Å². The number of amides is 1. The van der Waals surface area contributed by atoms with Crippen LogP contribution in [0.2, 0.25) is 0 Å². The summed E-state index contributed by atoms with van der Waals surface area (Å²) in [6.45, 7) is 6.39. The van der Waals surface area contributed by atoms with Gasteiger partial charge in [-0.25, -0.2) is 0 Å². The quantitative estimate of drug-likeness (QED) is 0.827. The average molecular weight is 250 g/mol. The third-order valence-corrected chi connectivity index (χ3v) is 3.38. The zero-order chi connectivity index (χ0) is 12.8. The maximum Gasteiger partial charge on any atom is 0.269 e. The minimum absolute atomic E-state index is 0.0713. The number of likely N-dealkylation sites (tertiary alicyclic amines) is 1. The Morgan fingerprint density at radius 3 is 2.94 bits per heavy atom. The van der Waals surface area contributed by atoms with Crippen LogP contribution in [0.25, 0.3) is 0 Å². The Kier molecular flexibility index (Phi) is 4.75. The summed E-state index contributed by atoms with van der Waals surface area (Å²) in [4.78, 5) is 14.2. The van der Waals surface area contributed by atoms with Crippen LogP contribution >= 0.6 is 0 Å². The first-order valence-corrected chi connectivity index (χ1v) is 6.75. The van der Waals surface area contributed by atoms with E-state index in [0.717, 1.165) is 6.54 Å². The van der Waals surface area contributed by atoms with Gasteiger partial charge in [-0.05, 0) is 37.9 Å². The molecule has 2 rings (SSSR count). The molecule has 1 fully saturated rings. The number of rotatable bonds is 5. The number of hydrogen-bond acceptors (Lipinski definition) is 3. The van der Waals surface area contributed by atoms with Crippen LogP contribution in [0.5, 0.6) is 0 Å². The van der Waals surface area contributed by atoms with E-state index in [1.807, 2.05) is 0 Å². The third-order valence-electron chi connectivity index (χ3n) is 3.38. The second-order valence-corrected chi connectivity index (χ2v) is 5.15. The number of H-pyrrole nitrogens is 1. The van der Waals surface area contributed by atoms with Crippen molar-refractivity contribution in [2.24, 2.45) is 5.92 Å². The largest absolute Gasteiger partial charge is 0.350 e. The zero-order valence-electron chi connectivity index (χ0n) is 11.0. The van der Waals surface area contributed by atoms with Crippen molar-refractivity contribution < 1.29 is 4.79 Å². The molecule has 1 saturated heterocycles. The fraction of sp³-hybridized carbons (Fsp3) is 0.692. The molecule has 0 unspecified atom stereocenters. The first-order valence-electron chi connectivity index (χ1n) is 6.75. The van der Waals surface area contributed by atoms with Crippen molar-refractivity contribution in [3.8, 4) is 0 Å². The van der Waals surface area contributed by atoms with Gasteiger partial charge in [0.25, 0.3) is 5.91 Å². The fourth-order valence-electron chi connectivity index (χ4n) is 2.39. The standard InChI is InChI=1S/C13H22N4O/c1-11(10-17-7-3-2-4-8-17)9-14-13(18)12-5-6-15-16-12/h5-6,11H,2-4,7-10H2,1H3,(H,14,18)(H,15,16)/t11-/m0/s1. The normalized spacial score (nSPS) is 18.5. The number of hydrogen-bond donors (Lipinski definition) is 2. The van der Waals surface area contributed by atoms with Gasteiger partial charge in [0.15, 0.2) is 0 Å². The van der Waals surface area contributed by atoms with Crippen LogP contribution in [0.1, 0.15) is 36.7 Å². The van der Waals surface area contributed by atoms with Crippen molar-refractivity contribution in [1.82, 2.24) is 20.4 Å². The number of aromatic amines is 1. The molecule has 1 aromatic heterocycles. The highest BCUT2D eigenvalue weighted by molar-refractivity contribution is 5.92. The lowest BCUT2D eigenvalue weighted by atomic mass is 10.1. The molecule has 0 saturated carbocycles. The lowest BCUT2D eigenvalue weighted by Crippen LogP contribution is -2.38. The van der Waals surface area contributed by atoms with E-state index in [2.05, 4.69) is 27.3 Å². The summed E-state index contributed by atoms with van der Waals surface area (Å²) in [6, 6.07) is 1.69. The van der Waals surface area contributed by atoms with E-state index in [9.17, 15) is 4.79 Å². The summed E-state index contributed by atoms with van der Waals surface area (Å²) in [5.74, 6) is 0.410. The van der Waals surface area contributed by atoms with Crippen LogP contribution < -0.4 is 5.32 Å². The Bertz CT molecular complexity index is 357. The van der Waals surface area contributed by atoms with Crippen molar-refractivity contribution in [2.45, 2.75) is 26.2 Å². The molecule has 1 aliphatic heterocycles. The SMILES string of the molecule is C[C@@H](CNC(=O)c1ccn[nH]1)CN1CCCCC1. The van der Waals surface area contributed by atoms with Crippen LogP contribution in [-0.4, -0.2) is 47.2 Å².